The maximum atomic E-state index is 12.1. The molecule has 110 valence electrons. The van der Waals surface area contributed by atoms with Crippen LogP contribution in [0.2, 0.25) is 0 Å². The van der Waals surface area contributed by atoms with E-state index in [0.717, 1.165) is 12.1 Å². The first-order valence-electron chi connectivity index (χ1n) is 5.63. The highest BCUT2D eigenvalue weighted by Gasteiger charge is 2.31. The lowest BCUT2D eigenvalue weighted by Crippen LogP contribution is -2.17. The van der Waals surface area contributed by atoms with Gasteiger partial charge in [-0.05, 0) is 40.2 Å². The Hall–Kier alpha value is -2.09. The molecule has 1 aromatic carbocycles. The summed E-state index contributed by atoms with van der Waals surface area (Å²) < 4.78 is 40.5. The Balaban J connectivity index is 2.15. The van der Waals surface area contributed by atoms with Crippen molar-refractivity contribution in [1.29, 1.82) is 0 Å². The molecule has 2 aromatic rings. The van der Waals surface area contributed by atoms with Gasteiger partial charge in [0.1, 0.15) is 10.4 Å². The number of amides is 1. The summed E-state index contributed by atoms with van der Waals surface area (Å²) in [5, 5.41) is 2.47. The molecule has 1 N–H and O–H groups in total. The van der Waals surface area contributed by atoms with Crippen molar-refractivity contribution in [2.24, 2.45) is 0 Å². The van der Waals surface area contributed by atoms with Crippen LogP contribution in [0.5, 0.6) is 5.75 Å². The molecule has 1 heterocycles. The number of pyridine rings is 1. The minimum Gasteiger partial charge on any atom is -0.406 e. The first-order chi connectivity index (χ1) is 9.85. The molecule has 0 spiro atoms. The molecule has 0 aliphatic rings. The average Bonchev–Trinajstić information content (AvgIpc) is 2.37. The summed E-state index contributed by atoms with van der Waals surface area (Å²) in [5.74, 6) is -0.912. The quantitative estimate of drug-likeness (QED) is 0.841. The SMILES string of the molecule is O=C(Nc1cccc(OC(F)(F)F)c1)c1cccnc1Br. The third-order valence-corrected chi connectivity index (χ3v) is 2.96. The fourth-order valence-corrected chi connectivity index (χ4v) is 1.96. The van der Waals surface area contributed by atoms with E-state index < -0.39 is 18.0 Å². The molecule has 0 saturated heterocycles. The van der Waals surface area contributed by atoms with Crippen LogP contribution in [0.25, 0.3) is 0 Å². The van der Waals surface area contributed by atoms with Gasteiger partial charge in [0.15, 0.2) is 0 Å². The number of nitrogens with one attached hydrogen (secondary N) is 1. The molecule has 0 unspecified atom stereocenters. The van der Waals surface area contributed by atoms with Gasteiger partial charge < -0.3 is 10.1 Å². The molecule has 1 aromatic heterocycles. The average molecular weight is 361 g/mol. The van der Waals surface area contributed by atoms with E-state index >= 15 is 0 Å². The Morgan fingerprint density at radius 2 is 2.00 bits per heavy atom. The predicted molar refractivity (Wildman–Crippen MR) is 73.0 cm³/mol. The lowest BCUT2D eigenvalue weighted by molar-refractivity contribution is -0.274. The molecule has 0 fully saturated rings. The van der Waals surface area contributed by atoms with Crippen LogP contribution in [0.3, 0.4) is 0 Å². The zero-order valence-corrected chi connectivity index (χ0v) is 11.9. The van der Waals surface area contributed by atoms with Gasteiger partial charge in [0, 0.05) is 18.0 Å². The first-order valence-corrected chi connectivity index (χ1v) is 6.42. The number of anilines is 1. The smallest absolute Gasteiger partial charge is 0.406 e. The Morgan fingerprint density at radius 3 is 2.67 bits per heavy atom. The number of carbonyl (C=O) groups is 1. The third kappa shape index (κ3) is 4.45. The van der Waals surface area contributed by atoms with Gasteiger partial charge in [-0.2, -0.15) is 0 Å². The zero-order valence-electron chi connectivity index (χ0n) is 10.3. The standard InChI is InChI=1S/C13H8BrF3N2O2/c14-11-10(5-2-6-18-11)12(20)19-8-3-1-4-9(7-8)21-13(15,16)17/h1-7H,(H,19,20). The van der Waals surface area contributed by atoms with Crippen molar-refractivity contribution in [1.82, 2.24) is 4.98 Å². The number of rotatable bonds is 3. The zero-order chi connectivity index (χ0) is 15.5. The third-order valence-electron chi connectivity index (χ3n) is 2.33. The largest absolute Gasteiger partial charge is 0.573 e. The molecular weight excluding hydrogens is 353 g/mol. The number of carbonyl (C=O) groups excluding carboxylic acids is 1. The molecule has 1 amide bonds. The normalized spacial score (nSPS) is 11.0. The van der Waals surface area contributed by atoms with Crippen molar-refractivity contribution in [2.75, 3.05) is 5.32 Å². The van der Waals surface area contributed by atoms with E-state index in [1.165, 1.54) is 24.4 Å². The number of ether oxygens (including phenoxy) is 1. The molecule has 8 heteroatoms. The number of hydrogen-bond acceptors (Lipinski definition) is 3. The van der Waals surface area contributed by atoms with Gasteiger partial charge in [0.05, 0.1) is 5.56 Å². The van der Waals surface area contributed by atoms with Crippen LogP contribution in [-0.2, 0) is 0 Å². The Bertz CT molecular complexity index is 662. The second-order valence-corrected chi connectivity index (χ2v) is 4.62. The highest BCUT2D eigenvalue weighted by molar-refractivity contribution is 9.10. The van der Waals surface area contributed by atoms with E-state index in [9.17, 15) is 18.0 Å². The van der Waals surface area contributed by atoms with Crippen LogP contribution in [0, 0.1) is 0 Å². The van der Waals surface area contributed by atoms with Crippen LogP contribution >= 0.6 is 15.9 Å². The van der Waals surface area contributed by atoms with Crippen LogP contribution in [-0.4, -0.2) is 17.3 Å². The van der Waals surface area contributed by atoms with Crippen LogP contribution in [0.4, 0.5) is 18.9 Å². The summed E-state index contributed by atoms with van der Waals surface area (Å²) in [7, 11) is 0. The monoisotopic (exact) mass is 360 g/mol. The summed E-state index contributed by atoms with van der Waals surface area (Å²) in [4.78, 5) is 15.9. The number of benzene rings is 1. The van der Waals surface area contributed by atoms with Crippen molar-refractivity contribution in [3.63, 3.8) is 0 Å². The molecule has 2 rings (SSSR count). The van der Waals surface area contributed by atoms with Gasteiger partial charge >= 0.3 is 6.36 Å². The highest BCUT2D eigenvalue weighted by Crippen LogP contribution is 2.25. The van der Waals surface area contributed by atoms with E-state index in [2.05, 4.69) is 31.0 Å². The van der Waals surface area contributed by atoms with E-state index in [4.69, 9.17) is 0 Å². The molecule has 4 nitrogen and oxygen atoms in total. The van der Waals surface area contributed by atoms with Crippen molar-refractivity contribution < 1.29 is 22.7 Å². The number of nitrogens with zero attached hydrogens (tertiary/aromatic N) is 1. The topological polar surface area (TPSA) is 51.2 Å². The van der Waals surface area contributed by atoms with Gasteiger partial charge in [0.2, 0.25) is 0 Å². The minimum atomic E-state index is -4.78. The fraction of sp³-hybridized carbons (Fsp3) is 0.0769. The van der Waals surface area contributed by atoms with E-state index in [0.29, 0.717) is 4.60 Å². The second-order valence-electron chi connectivity index (χ2n) is 3.87. The molecule has 0 bridgehead atoms. The molecular formula is C13H8BrF3N2O2. The first kappa shape index (κ1) is 15.3. The van der Waals surface area contributed by atoms with E-state index in [1.807, 2.05) is 0 Å². The summed E-state index contributed by atoms with van der Waals surface area (Å²) in [6.07, 6.45) is -3.28. The van der Waals surface area contributed by atoms with Gasteiger partial charge in [-0.15, -0.1) is 13.2 Å². The van der Waals surface area contributed by atoms with E-state index in [1.54, 1.807) is 6.07 Å². The van der Waals surface area contributed by atoms with Gasteiger partial charge in [-0.25, -0.2) is 4.98 Å². The Morgan fingerprint density at radius 1 is 1.24 bits per heavy atom. The molecule has 0 radical (unpaired) electrons. The second kappa shape index (κ2) is 6.13. The number of halogens is 4. The molecule has 0 aliphatic carbocycles. The summed E-state index contributed by atoms with van der Waals surface area (Å²) in [5.41, 5.74) is 0.442. The van der Waals surface area contributed by atoms with E-state index in [-0.39, 0.29) is 11.3 Å². The lowest BCUT2D eigenvalue weighted by atomic mass is 10.2. The van der Waals surface area contributed by atoms with Crippen molar-refractivity contribution in [3.05, 3.63) is 52.8 Å². The fourth-order valence-electron chi connectivity index (χ4n) is 1.52. The van der Waals surface area contributed by atoms with Crippen molar-refractivity contribution in [3.8, 4) is 5.75 Å². The van der Waals surface area contributed by atoms with Gasteiger partial charge in [-0.3, -0.25) is 4.79 Å². The van der Waals surface area contributed by atoms with Crippen LogP contribution in [0.15, 0.2) is 47.2 Å². The van der Waals surface area contributed by atoms with Crippen LogP contribution in [0.1, 0.15) is 10.4 Å². The summed E-state index contributed by atoms with van der Waals surface area (Å²) in [6, 6.07) is 8.12. The summed E-state index contributed by atoms with van der Waals surface area (Å²) >= 11 is 3.12. The molecule has 21 heavy (non-hydrogen) atoms. The minimum absolute atomic E-state index is 0.178. The Labute approximate surface area is 126 Å². The van der Waals surface area contributed by atoms with Crippen LogP contribution < -0.4 is 10.1 Å². The van der Waals surface area contributed by atoms with Crippen molar-refractivity contribution >= 4 is 27.5 Å². The number of hydrogen-bond donors (Lipinski definition) is 1. The van der Waals surface area contributed by atoms with Crippen molar-refractivity contribution in [2.45, 2.75) is 6.36 Å². The Kier molecular flexibility index (Phi) is 4.46. The molecule has 0 saturated carbocycles. The predicted octanol–water partition coefficient (Wildman–Crippen LogP) is 4.00. The highest BCUT2D eigenvalue weighted by atomic mass is 79.9. The lowest BCUT2D eigenvalue weighted by Gasteiger charge is -2.11. The number of alkyl halides is 3. The van der Waals surface area contributed by atoms with Gasteiger partial charge in [-0.1, -0.05) is 6.07 Å². The number of aromatic nitrogens is 1. The van der Waals surface area contributed by atoms with Gasteiger partial charge in [0.25, 0.3) is 5.91 Å². The summed E-state index contributed by atoms with van der Waals surface area (Å²) in [6.45, 7) is 0. The molecule has 0 atom stereocenters. The maximum Gasteiger partial charge on any atom is 0.573 e. The maximum absolute atomic E-state index is 12.1. The molecule has 0 aliphatic heterocycles.